The lowest BCUT2D eigenvalue weighted by atomic mass is 10.0. The van der Waals surface area contributed by atoms with Crippen molar-refractivity contribution in [2.24, 2.45) is 5.73 Å². The zero-order valence-corrected chi connectivity index (χ0v) is 32.9. The number of hydrogen-bond acceptors (Lipinski definition) is 9. The molecule has 0 saturated carbocycles. The Hall–Kier alpha value is -5.66. The number of hydrogen-bond donors (Lipinski definition) is 3. The standard InChI is InChI=1S/C32H34N2O4.C10H12F3N3O.C2H6/c1-23-22-24(18-19-33)4-17-31(23)38-30-15-13-29(14-16-30)37-21-3-20-34-32(35)27-7-5-25(6-8-27)26-9-11-28(36-2)12-10-26;11-10(12,13)8-4-14-5-9(16-8)15-7-2-1-3-17-6-7;1-2/h4-17,22H,3,18-21,33H2,1-2H3,(H,34,35);4-5,7H,1-3,6H2,(H,15,16);1-2H3. The molecule has 4 aromatic carbocycles. The van der Waals surface area contributed by atoms with Crippen LogP contribution in [0.5, 0.6) is 23.0 Å². The lowest BCUT2D eigenvalue weighted by Crippen LogP contribution is -2.30. The van der Waals surface area contributed by atoms with E-state index in [1.165, 1.54) is 11.8 Å². The van der Waals surface area contributed by atoms with Crippen LogP contribution in [-0.2, 0) is 17.3 Å². The molecule has 1 fully saturated rings. The van der Waals surface area contributed by atoms with Crippen molar-refractivity contribution < 1.29 is 36.9 Å². The number of nitrogens with zero attached hydrogens (tertiary/aromatic N) is 2. The third-order valence-corrected chi connectivity index (χ3v) is 8.61. The predicted molar refractivity (Wildman–Crippen MR) is 217 cm³/mol. The Bertz CT molecular complexity index is 1940. The number of carbonyl (C=O) groups is 1. The van der Waals surface area contributed by atoms with Crippen molar-refractivity contribution in [2.45, 2.75) is 58.7 Å². The summed E-state index contributed by atoms with van der Waals surface area (Å²) in [5.74, 6) is 3.18. The molecule has 1 atom stereocenters. The quantitative estimate of drug-likeness (QED) is 0.0944. The average Bonchev–Trinajstić information content (AvgIpc) is 3.23. The lowest BCUT2D eigenvalue weighted by molar-refractivity contribution is -0.141. The highest BCUT2D eigenvalue weighted by molar-refractivity contribution is 5.94. The van der Waals surface area contributed by atoms with Crippen LogP contribution in [0, 0.1) is 6.92 Å². The molecule has 1 aromatic heterocycles. The molecule has 0 bridgehead atoms. The van der Waals surface area contributed by atoms with Crippen molar-refractivity contribution in [1.29, 1.82) is 0 Å². The SMILES string of the molecule is CC.COc1ccc(-c2ccc(C(=O)NCCCOc3ccc(Oc4ccc(CCN)cc4C)cc3)cc2)cc1.FC(F)(F)c1cncc(NC2CCCOC2)n1. The second-order valence-corrected chi connectivity index (χ2v) is 12.8. The fourth-order valence-corrected chi connectivity index (χ4v) is 5.68. The van der Waals surface area contributed by atoms with E-state index >= 15 is 0 Å². The van der Waals surface area contributed by atoms with Crippen LogP contribution < -0.4 is 30.6 Å². The maximum atomic E-state index is 12.5. The Morgan fingerprint density at radius 3 is 2.19 bits per heavy atom. The summed E-state index contributed by atoms with van der Waals surface area (Å²) in [5, 5.41) is 5.85. The molecular formula is C44H52F3N5O5. The number of aromatic nitrogens is 2. The number of nitrogens with one attached hydrogen (secondary N) is 2. The van der Waals surface area contributed by atoms with Crippen LogP contribution in [0.15, 0.2) is 103 Å². The zero-order valence-electron chi connectivity index (χ0n) is 32.9. The molecule has 0 aliphatic carbocycles. The predicted octanol–water partition coefficient (Wildman–Crippen LogP) is 9.28. The van der Waals surface area contributed by atoms with E-state index in [1.807, 2.05) is 106 Å². The highest BCUT2D eigenvalue weighted by atomic mass is 19.4. The van der Waals surface area contributed by atoms with Gasteiger partial charge in [0.2, 0.25) is 0 Å². The number of anilines is 1. The van der Waals surface area contributed by atoms with E-state index in [0.717, 1.165) is 59.0 Å². The monoisotopic (exact) mass is 787 g/mol. The summed E-state index contributed by atoms with van der Waals surface area (Å²) >= 11 is 0. The summed E-state index contributed by atoms with van der Waals surface area (Å²) in [6, 6.07) is 29.1. The number of alkyl halides is 3. The van der Waals surface area contributed by atoms with Gasteiger partial charge < -0.3 is 35.3 Å². The number of halogens is 3. The number of methoxy groups -OCH3 is 1. The van der Waals surface area contributed by atoms with E-state index in [2.05, 4.69) is 26.7 Å². The number of rotatable bonds is 14. The average molecular weight is 788 g/mol. The third kappa shape index (κ3) is 14.4. The summed E-state index contributed by atoms with van der Waals surface area (Å²) in [4.78, 5) is 19.5. The van der Waals surface area contributed by atoms with Gasteiger partial charge in [0.15, 0.2) is 5.69 Å². The summed E-state index contributed by atoms with van der Waals surface area (Å²) in [5.41, 5.74) is 9.68. The van der Waals surface area contributed by atoms with Gasteiger partial charge in [0.25, 0.3) is 5.91 Å². The number of amides is 1. The van der Waals surface area contributed by atoms with Gasteiger partial charge in [0.05, 0.1) is 38.8 Å². The molecule has 1 unspecified atom stereocenters. The van der Waals surface area contributed by atoms with E-state index in [0.29, 0.717) is 51.1 Å². The van der Waals surface area contributed by atoms with Crippen LogP contribution in [0.4, 0.5) is 19.0 Å². The first kappa shape index (κ1) is 44.1. The van der Waals surface area contributed by atoms with Crippen LogP contribution in [0.1, 0.15) is 60.3 Å². The Balaban J connectivity index is 0.000000315. The number of nitrogens with two attached hydrogens (primary N) is 1. The van der Waals surface area contributed by atoms with Crippen LogP contribution >= 0.6 is 0 Å². The molecule has 57 heavy (non-hydrogen) atoms. The number of carbonyl (C=O) groups excluding carboxylic acids is 1. The van der Waals surface area contributed by atoms with Crippen molar-refractivity contribution in [1.82, 2.24) is 15.3 Å². The molecule has 1 saturated heterocycles. The molecule has 1 aliphatic heterocycles. The van der Waals surface area contributed by atoms with E-state index < -0.39 is 11.9 Å². The Kier molecular flexibility index (Phi) is 17.6. The second kappa shape index (κ2) is 22.8. The van der Waals surface area contributed by atoms with Gasteiger partial charge in [-0.05, 0) is 116 Å². The van der Waals surface area contributed by atoms with Gasteiger partial charge in [-0.3, -0.25) is 9.78 Å². The minimum absolute atomic E-state index is 0.00142. The van der Waals surface area contributed by atoms with E-state index in [9.17, 15) is 18.0 Å². The lowest BCUT2D eigenvalue weighted by Gasteiger charge is -2.23. The largest absolute Gasteiger partial charge is 0.497 e. The number of aryl methyl sites for hydroxylation is 1. The minimum Gasteiger partial charge on any atom is -0.497 e. The molecule has 1 amide bonds. The smallest absolute Gasteiger partial charge is 0.434 e. The van der Waals surface area contributed by atoms with E-state index in [1.54, 1.807) is 7.11 Å². The molecule has 5 aromatic rings. The van der Waals surface area contributed by atoms with Crippen molar-refractivity contribution in [2.75, 3.05) is 45.3 Å². The van der Waals surface area contributed by atoms with E-state index in [-0.39, 0.29) is 17.8 Å². The molecular weight excluding hydrogens is 736 g/mol. The molecule has 304 valence electrons. The Morgan fingerprint density at radius 1 is 0.912 bits per heavy atom. The van der Waals surface area contributed by atoms with Crippen molar-refractivity contribution in [3.05, 3.63) is 126 Å². The van der Waals surface area contributed by atoms with Crippen molar-refractivity contribution in [3.8, 4) is 34.1 Å². The van der Waals surface area contributed by atoms with Crippen LogP contribution in [0.25, 0.3) is 11.1 Å². The van der Waals surface area contributed by atoms with Crippen molar-refractivity contribution >= 4 is 11.7 Å². The van der Waals surface area contributed by atoms with Crippen LogP contribution in [0.3, 0.4) is 0 Å². The summed E-state index contributed by atoms with van der Waals surface area (Å²) < 4.78 is 59.4. The van der Waals surface area contributed by atoms with Gasteiger partial charge in [0, 0.05) is 18.7 Å². The molecule has 2 heterocycles. The molecule has 0 spiro atoms. The zero-order chi connectivity index (χ0) is 41.0. The number of ether oxygens (including phenoxy) is 4. The third-order valence-electron chi connectivity index (χ3n) is 8.61. The van der Waals surface area contributed by atoms with E-state index in [4.69, 9.17) is 24.7 Å². The fourth-order valence-electron chi connectivity index (χ4n) is 5.68. The summed E-state index contributed by atoms with van der Waals surface area (Å²) in [6.45, 7) is 8.87. The van der Waals surface area contributed by atoms with Crippen LogP contribution in [0.2, 0.25) is 0 Å². The van der Waals surface area contributed by atoms with Gasteiger partial charge in [-0.15, -0.1) is 0 Å². The highest BCUT2D eigenvalue weighted by Crippen LogP contribution is 2.29. The topological polar surface area (TPSA) is 130 Å². The first-order valence-corrected chi connectivity index (χ1v) is 19.1. The van der Waals surface area contributed by atoms with Gasteiger partial charge >= 0.3 is 6.18 Å². The fraction of sp³-hybridized carbons (Fsp3) is 0.341. The maximum absolute atomic E-state index is 12.5. The molecule has 4 N–H and O–H groups in total. The van der Waals surface area contributed by atoms with Crippen LogP contribution in [-0.4, -0.2) is 61.9 Å². The Morgan fingerprint density at radius 2 is 1.58 bits per heavy atom. The molecule has 13 heteroatoms. The number of benzene rings is 4. The van der Waals surface area contributed by atoms with Gasteiger partial charge in [-0.1, -0.05) is 50.2 Å². The van der Waals surface area contributed by atoms with Gasteiger partial charge in [-0.25, -0.2) is 4.98 Å². The second-order valence-electron chi connectivity index (χ2n) is 12.8. The first-order valence-electron chi connectivity index (χ1n) is 19.1. The summed E-state index contributed by atoms with van der Waals surface area (Å²) in [7, 11) is 1.65. The highest BCUT2D eigenvalue weighted by Gasteiger charge is 2.33. The Labute approximate surface area is 332 Å². The summed E-state index contributed by atoms with van der Waals surface area (Å²) in [6.07, 6.45) is 0.833. The van der Waals surface area contributed by atoms with Gasteiger partial charge in [-0.2, -0.15) is 13.2 Å². The first-order chi connectivity index (χ1) is 27.6. The normalized spacial score (nSPS) is 13.5. The van der Waals surface area contributed by atoms with Gasteiger partial charge in [0.1, 0.15) is 28.8 Å². The minimum atomic E-state index is -4.46. The molecule has 10 nitrogen and oxygen atoms in total. The van der Waals surface area contributed by atoms with Crippen molar-refractivity contribution in [3.63, 3.8) is 0 Å². The molecule has 6 rings (SSSR count). The maximum Gasteiger partial charge on any atom is 0.434 e. The molecule has 0 radical (unpaired) electrons. The molecule has 1 aliphatic rings.